The van der Waals surface area contributed by atoms with Crippen LogP contribution in [0.1, 0.15) is 0 Å². The molecule has 37 heavy (non-hydrogen) atoms. The summed E-state index contributed by atoms with van der Waals surface area (Å²) in [7, 11) is 0. The highest BCUT2D eigenvalue weighted by atomic mass is 15.0. The fraction of sp³-hybridized carbons (Fsp3) is 0. The number of hydrogen-bond acceptors (Lipinski definition) is 2. The Morgan fingerprint density at radius 1 is 0.486 bits per heavy atom. The van der Waals surface area contributed by atoms with Gasteiger partial charge in [0.25, 0.3) is 0 Å². The molecule has 0 atom stereocenters. The minimum absolute atomic E-state index is 0.874. The Bertz CT molecular complexity index is 1980. The van der Waals surface area contributed by atoms with E-state index in [9.17, 15) is 0 Å². The molecule has 1 aliphatic rings. The summed E-state index contributed by atoms with van der Waals surface area (Å²) in [5.41, 5.74) is 12.4. The van der Waals surface area contributed by atoms with E-state index in [1.54, 1.807) is 0 Å². The maximum Gasteiger partial charge on any atom is 0.0893 e. The number of fused-ring (bicyclic) bond motifs is 8. The van der Waals surface area contributed by atoms with Crippen LogP contribution in [0, 0.1) is 0 Å². The standard InChI is InChI=1S/C34H21N3/c1-2-10-24-23(9-1)26-12-7-13-27-25-11-3-4-17-32(25)37(34(26)27)33-19-18-22(21-28(24)33)29-15-8-16-31(36-29)30-14-5-6-20-35-30/h1-21H. The van der Waals surface area contributed by atoms with Gasteiger partial charge in [0.05, 0.1) is 33.8 Å². The maximum atomic E-state index is 4.99. The summed E-state index contributed by atoms with van der Waals surface area (Å²) in [6, 6.07) is 43.0. The highest BCUT2D eigenvalue weighted by Gasteiger charge is 2.24. The number of benzene rings is 4. The molecule has 8 rings (SSSR count). The third-order valence-electron chi connectivity index (χ3n) is 7.41. The monoisotopic (exact) mass is 471 g/mol. The summed E-state index contributed by atoms with van der Waals surface area (Å²) in [5, 5.41) is 2.56. The molecule has 3 aromatic heterocycles. The molecule has 0 unspecified atom stereocenters. The van der Waals surface area contributed by atoms with E-state index < -0.39 is 0 Å². The van der Waals surface area contributed by atoms with Gasteiger partial charge < -0.3 is 4.57 Å². The van der Waals surface area contributed by atoms with E-state index in [-0.39, 0.29) is 0 Å². The van der Waals surface area contributed by atoms with Crippen molar-refractivity contribution in [1.82, 2.24) is 14.5 Å². The van der Waals surface area contributed by atoms with Crippen molar-refractivity contribution in [2.24, 2.45) is 0 Å². The van der Waals surface area contributed by atoms with Gasteiger partial charge in [-0.1, -0.05) is 78.9 Å². The van der Waals surface area contributed by atoms with Crippen LogP contribution in [0.3, 0.4) is 0 Å². The molecular weight excluding hydrogens is 450 g/mol. The first-order valence-corrected chi connectivity index (χ1v) is 12.5. The van der Waals surface area contributed by atoms with Crippen LogP contribution in [-0.4, -0.2) is 14.5 Å². The molecule has 0 aliphatic carbocycles. The summed E-state index contributed by atoms with van der Waals surface area (Å²) in [6.07, 6.45) is 1.81. The van der Waals surface area contributed by atoms with E-state index in [4.69, 9.17) is 4.98 Å². The Labute approximate surface area is 214 Å². The smallest absolute Gasteiger partial charge is 0.0893 e. The number of rotatable bonds is 2. The van der Waals surface area contributed by atoms with Gasteiger partial charge in [0.1, 0.15) is 0 Å². The fourth-order valence-corrected chi connectivity index (χ4v) is 5.80. The topological polar surface area (TPSA) is 30.7 Å². The first kappa shape index (κ1) is 20.2. The summed E-state index contributed by atoms with van der Waals surface area (Å²) in [4.78, 5) is 9.49. The number of pyridine rings is 2. The zero-order chi connectivity index (χ0) is 24.3. The lowest BCUT2D eigenvalue weighted by Gasteiger charge is -2.14. The van der Waals surface area contributed by atoms with Crippen LogP contribution in [0.25, 0.3) is 72.4 Å². The van der Waals surface area contributed by atoms with E-state index in [2.05, 4.69) is 107 Å². The Morgan fingerprint density at radius 3 is 2.08 bits per heavy atom. The summed E-state index contributed by atoms with van der Waals surface area (Å²) in [6.45, 7) is 0. The number of nitrogens with zero attached hydrogens (tertiary/aromatic N) is 3. The third-order valence-corrected chi connectivity index (χ3v) is 7.41. The van der Waals surface area contributed by atoms with Crippen molar-refractivity contribution >= 4 is 21.8 Å². The molecule has 0 radical (unpaired) electrons. The van der Waals surface area contributed by atoms with Crippen molar-refractivity contribution in [3.63, 3.8) is 0 Å². The zero-order valence-electron chi connectivity index (χ0n) is 20.0. The van der Waals surface area contributed by atoms with Crippen LogP contribution in [-0.2, 0) is 0 Å². The number of hydrogen-bond donors (Lipinski definition) is 0. The van der Waals surface area contributed by atoms with Crippen LogP contribution in [0.15, 0.2) is 128 Å². The molecule has 4 aromatic carbocycles. The Morgan fingerprint density at radius 2 is 1.19 bits per heavy atom. The SMILES string of the molecule is c1ccc(-c2cccc(-c3ccc4c(c3)-c3ccccc3-c3cccc5c6ccccc6n-4c35)n2)nc1. The van der Waals surface area contributed by atoms with Crippen molar-refractivity contribution < 1.29 is 0 Å². The first-order valence-electron chi connectivity index (χ1n) is 12.5. The minimum Gasteiger partial charge on any atom is -0.308 e. The Balaban J connectivity index is 1.43. The van der Waals surface area contributed by atoms with Crippen LogP contribution >= 0.6 is 0 Å². The minimum atomic E-state index is 0.874. The fourth-order valence-electron chi connectivity index (χ4n) is 5.80. The molecular formula is C34H21N3. The van der Waals surface area contributed by atoms with Crippen molar-refractivity contribution in [2.75, 3.05) is 0 Å². The summed E-state index contributed by atoms with van der Waals surface area (Å²) < 4.78 is 2.44. The molecule has 0 amide bonds. The van der Waals surface area contributed by atoms with Gasteiger partial charge in [0, 0.05) is 33.7 Å². The van der Waals surface area contributed by atoms with E-state index >= 15 is 0 Å². The lowest BCUT2D eigenvalue weighted by atomic mass is 9.92. The van der Waals surface area contributed by atoms with E-state index in [0.717, 1.165) is 22.6 Å². The van der Waals surface area contributed by atoms with Crippen molar-refractivity contribution in [3.8, 4) is 50.6 Å². The largest absolute Gasteiger partial charge is 0.308 e. The van der Waals surface area contributed by atoms with E-state index in [1.165, 1.54) is 49.7 Å². The molecule has 0 fully saturated rings. The molecule has 0 saturated carbocycles. The normalized spacial score (nSPS) is 11.8. The summed E-state index contributed by atoms with van der Waals surface area (Å²) in [5.74, 6) is 0. The highest BCUT2D eigenvalue weighted by Crippen LogP contribution is 2.47. The average molecular weight is 472 g/mol. The number of aromatic nitrogens is 3. The van der Waals surface area contributed by atoms with Gasteiger partial charge in [-0.3, -0.25) is 4.98 Å². The molecule has 0 N–H and O–H groups in total. The van der Waals surface area contributed by atoms with Crippen LogP contribution in [0.2, 0.25) is 0 Å². The predicted molar refractivity (Wildman–Crippen MR) is 152 cm³/mol. The van der Waals surface area contributed by atoms with Crippen molar-refractivity contribution in [3.05, 3.63) is 128 Å². The van der Waals surface area contributed by atoms with Crippen molar-refractivity contribution in [2.45, 2.75) is 0 Å². The molecule has 3 nitrogen and oxygen atoms in total. The highest BCUT2D eigenvalue weighted by molar-refractivity contribution is 6.16. The maximum absolute atomic E-state index is 4.99. The Hall–Kier alpha value is -5.02. The molecule has 0 bridgehead atoms. The van der Waals surface area contributed by atoms with Gasteiger partial charge in [-0.15, -0.1) is 0 Å². The van der Waals surface area contributed by atoms with Gasteiger partial charge in [0.2, 0.25) is 0 Å². The average Bonchev–Trinajstić information content (AvgIpc) is 3.25. The zero-order valence-corrected chi connectivity index (χ0v) is 20.0. The molecule has 0 saturated heterocycles. The lowest BCUT2D eigenvalue weighted by Crippen LogP contribution is -1.97. The van der Waals surface area contributed by atoms with Crippen LogP contribution in [0.4, 0.5) is 0 Å². The molecule has 0 spiro atoms. The van der Waals surface area contributed by atoms with Gasteiger partial charge in [-0.05, 0) is 53.6 Å². The molecule has 1 aliphatic heterocycles. The number of para-hydroxylation sites is 2. The van der Waals surface area contributed by atoms with Gasteiger partial charge in [0.15, 0.2) is 0 Å². The van der Waals surface area contributed by atoms with Crippen LogP contribution < -0.4 is 0 Å². The van der Waals surface area contributed by atoms with Gasteiger partial charge in [-0.25, -0.2) is 4.98 Å². The quantitative estimate of drug-likeness (QED) is 0.253. The second kappa shape index (κ2) is 7.74. The second-order valence-corrected chi connectivity index (χ2v) is 9.45. The molecule has 7 aromatic rings. The van der Waals surface area contributed by atoms with Crippen molar-refractivity contribution in [1.29, 1.82) is 0 Å². The van der Waals surface area contributed by atoms with E-state index in [1.807, 2.05) is 30.5 Å². The third kappa shape index (κ3) is 2.95. The summed E-state index contributed by atoms with van der Waals surface area (Å²) >= 11 is 0. The first-order chi connectivity index (χ1) is 18.4. The predicted octanol–water partition coefficient (Wildman–Crippen LogP) is 8.56. The van der Waals surface area contributed by atoms with E-state index in [0.29, 0.717) is 0 Å². The molecule has 172 valence electrons. The Kier molecular flexibility index (Phi) is 4.23. The molecule has 3 heteroatoms. The lowest BCUT2D eigenvalue weighted by molar-refractivity contribution is 1.19. The second-order valence-electron chi connectivity index (χ2n) is 9.45. The van der Waals surface area contributed by atoms with Crippen LogP contribution in [0.5, 0.6) is 0 Å². The van der Waals surface area contributed by atoms with Gasteiger partial charge in [-0.2, -0.15) is 0 Å². The van der Waals surface area contributed by atoms with Gasteiger partial charge >= 0.3 is 0 Å². The molecule has 4 heterocycles.